The second-order valence-electron chi connectivity index (χ2n) is 6.18. The lowest BCUT2D eigenvalue weighted by Crippen LogP contribution is -2.41. The molecule has 1 N–H and O–H groups in total. The average molecular weight is 439 g/mol. The summed E-state index contributed by atoms with van der Waals surface area (Å²) >= 11 is 0. The Morgan fingerprint density at radius 2 is 1.53 bits per heavy atom. The van der Waals surface area contributed by atoms with Gasteiger partial charge in [0.2, 0.25) is 15.9 Å². The Hall–Kier alpha value is -3.14. The number of sulfonamides is 1. The van der Waals surface area contributed by atoms with Gasteiger partial charge in [0.15, 0.2) is 0 Å². The Kier molecular flexibility index (Phi) is 8.16. The largest absolute Gasteiger partial charge is 0.497 e. The number of ether oxygens (including phenoxy) is 4. The van der Waals surface area contributed by atoms with Crippen molar-refractivity contribution in [2.24, 2.45) is 0 Å². The second kappa shape index (κ2) is 10.6. The van der Waals surface area contributed by atoms with Gasteiger partial charge in [0.1, 0.15) is 36.1 Å². The number of hydrogen-bond acceptors (Lipinski definition) is 7. The number of carbonyl (C=O) groups excluding carboxylic acids is 1. The van der Waals surface area contributed by atoms with Crippen LogP contribution in [0, 0.1) is 0 Å². The molecule has 164 valence electrons. The highest BCUT2D eigenvalue weighted by Crippen LogP contribution is 2.33. The van der Waals surface area contributed by atoms with Crippen molar-refractivity contribution in [2.45, 2.75) is 0 Å². The van der Waals surface area contributed by atoms with Crippen LogP contribution in [0.2, 0.25) is 0 Å². The fourth-order valence-corrected chi connectivity index (χ4v) is 3.44. The molecule has 1 amide bonds. The summed E-state index contributed by atoms with van der Waals surface area (Å²) in [4.78, 5) is 12.4. The van der Waals surface area contributed by atoms with E-state index in [4.69, 9.17) is 18.9 Å². The Morgan fingerprint density at radius 1 is 0.933 bits per heavy atom. The topological polar surface area (TPSA) is 103 Å². The van der Waals surface area contributed by atoms with Gasteiger partial charge in [-0.3, -0.25) is 9.10 Å². The molecule has 0 heterocycles. The maximum atomic E-state index is 12.4. The smallest absolute Gasteiger partial charge is 0.240 e. The minimum atomic E-state index is -3.76. The van der Waals surface area contributed by atoms with Gasteiger partial charge in [-0.2, -0.15) is 0 Å². The second-order valence-corrected chi connectivity index (χ2v) is 8.09. The SMILES string of the molecule is COc1ccc(OCCNC(=O)CN(c2cc(OC)ccc2OC)S(C)(=O)=O)cc1. The van der Waals surface area contributed by atoms with Crippen molar-refractivity contribution >= 4 is 21.6 Å². The lowest BCUT2D eigenvalue weighted by molar-refractivity contribution is -0.119. The zero-order valence-corrected chi connectivity index (χ0v) is 18.2. The number of nitrogens with one attached hydrogen (secondary N) is 1. The summed E-state index contributed by atoms with van der Waals surface area (Å²) in [5.74, 6) is 1.60. The van der Waals surface area contributed by atoms with Crippen molar-refractivity contribution in [2.75, 3.05) is 51.6 Å². The van der Waals surface area contributed by atoms with Crippen molar-refractivity contribution in [1.29, 1.82) is 0 Å². The van der Waals surface area contributed by atoms with E-state index in [1.807, 2.05) is 0 Å². The maximum absolute atomic E-state index is 12.4. The predicted octanol–water partition coefficient (Wildman–Crippen LogP) is 1.67. The quantitative estimate of drug-likeness (QED) is 0.532. The average Bonchev–Trinajstić information content (AvgIpc) is 2.74. The van der Waals surface area contributed by atoms with E-state index in [0.29, 0.717) is 23.0 Å². The van der Waals surface area contributed by atoms with Crippen molar-refractivity contribution in [3.63, 3.8) is 0 Å². The van der Waals surface area contributed by atoms with E-state index in [2.05, 4.69) is 5.32 Å². The maximum Gasteiger partial charge on any atom is 0.240 e. The van der Waals surface area contributed by atoms with Crippen LogP contribution in [-0.4, -0.2) is 61.6 Å². The molecule has 10 heteroatoms. The van der Waals surface area contributed by atoms with Crippen LogP contribution in [0.4, 0.5) is 5.69 Å². The summed E-state index contributed by atoms with van der Waals surface area (Å²) in [6.45, 7) is 0.0159. The molecule has 0 aliphatic carbocycles. The fourth-order valence-electron chi connectivity index (χ4n) is 2.59. The molecule has 30 heavy (non-hydrogen) atoms. The van der Waals surface area contributed by atoms with Crippen molar-refractivity contribution in [1.82, 2.24) is 5.32 Å². The van der Waals surface area contributed by atoms with Crippen LogP contribution >= 0.6 is 0 Å². The summed E-state index contributed by atoms with van der Waals surface area (Å²) in [5.41, 5.74) is 0.212. The highest BCUT2D eigenvalue weighted by molar-refractivity contribution is 7.92. The fraction of sp³-hybridized carbons (Fsp3) is 0.350. The van der Waals surface area contributed by atoms with Crippen LogP contribution < -0.4 is 28.6 Å². The number of methoxy groups -OCH3 is 3. The number of benzene rings is 2. The van der Waals surface area contributed by atoms with Gasteiger partial charge in [0.05, 0.1) is 39.8 Å². The molecule has 0 aliphatic heterocycles. The number of anilines is 1. The molecule has 0 saturated carbocycles. The summed E-state index contributed by atoms with van der Waals surface area (Å²) in [6.07, 6.45) is 1.02. The molecule has 0 aromatic heterocycles. The summed E-state index contributed by atoms with van der Waals surface area (Å²) in [5, 5.41) is 2.65. The lowest BCUT2D eigenvalue weighted by Gasteiger charge is -2.24. The van der Waals surface area contributed by atoms with E-state index in [0.717, 1.165) is 10.6 Å². The number of rotatable bonds is 11. The summed E-state index contributed by atoms with van der Waals surface area (Å²) in [6, 6.07) is 11.7. The summed E-state index contributed by atoms with van der Waals surface area (Å²) in [7, 11) is 0.702. The first-order valence-electron chi connectivity index (χ1n) is 9.01. The van der Waals surface area contributed by atoms with Gasteiger partial charge in [-0.25, -0.2) is 8.42 Å². The molecule has 9 nitrogen and oxygen atoms in total. The van der Waals surface area contributed by atoms with E-state index >= 15 is 0 Å². The number of amides is 1. The Balaban J connectivity index is 1.99. The zero-order chi connectivity index (χ0) is 22.1. The Bertz CT molecular complexity index is 946. The Morgan fingerprint density at radius 3 is 2.10 bits per heavy atom. The minimum absolute atomic E-state index is 0.206. The van der Waals surface area contributed by atoms with Crippen LogP contribution in [0.25, 0.3) is 0 Å². The molecule has 0 unspecified atom stereocenters. The third-order valence-corrected chi connectivity index (χ3v) is 5.22. The van der Waals surface area contributed by atoms with Crippen molar-refractivity contribution < 1.29 is 32.2 Å². The molecule has 0 bridgehead atoms. The molecule has 0 saturated heterocycles. The Labute approximate surface area is 176 Å². The molecule has 0 fully saturated rings. The van der Waals surface area contributed by atoms with Gasteiger partial charge >= 0.3 is 0 Å². The molecule has 0 radical (unpaired) electrons. The number of carbonyl (C=O) groups is 1. The molecule has 2 aromatic rings. The molecular formula is C20H26N2O7S. The van der Waals surface area contributed by atoms with Crippen LogP contribution in [0.3, 0.4) is 0 Å². The minimum Gasteiger partial charge on any atom is -0.497 e. The van der Waals surface area contributed by atoms with E-state index < -0.39 is 22.5 Å². The van der Waals surface area contributed by atoms with Gasteiger partial charge in [-0.15, -0.1) is 0 Å². The van der Waals surface area contributed by atoms with Crippen LogP contribution in [0.5, 0.6) is 23.0 Å². The molecule has 0 atom stereocenters. The summed E-state index contributed by atoms with van der Waals surface area (Å²) < 4.78 is 46.6. The standard InChI is InChI=1S/C20H26N2O7S/c1-26-15-5-7-16(8-6-15)29-12-11-21-20(23)14-22(30(4,24)25)18-13-17(27-2)9-10-19(18)28-3/h5-10,13H,11-12,14H2,1-4H3,(H,21,23). The normalized spacial score (nSPS) is 10.8. The third kappa shape index (κ3) is 6.45. The van der Waals surface area contributed by atoms with E-state index in [-0.39, 0.29) is 18.8 Å². The van der Waals surface area contributed by atoms with Gasteiger partial charge in [-0.1, -0.05) is 0 Å². The lowest BCUT2D eigenvalue weighted by atomic mass is 10.2. The first-order valence-corrected chi connectivity index (χ1v) is 10.9. The molecule has 2 aromatic carbocycles. The van der Waals surface area contributed by atoms with Gasteiger partial charge < -0.3 is 24.3 Å². The zero-order valence-electron chi connectivity index (χ0n) is 17.4. The van der Waals surface area contributed by atoms with Gasteiger partial charge in [0.25, 0.3) is 0 Å². The van der Waals surface area contributed by atoms with Crippen molar-refractivity contribution in [3.05, 3.63) is 42.5 Å². The first kappa shape index (κ1) is 23.1. The van der Waals surface area contributed by atoms with Crippen LogP contribution in [0.15, 0.2) is 42.5 Å². The monoisotopic (exact) mass is 438 g/mol. The predicted molar refractivity (Wildman–Crippen MR) is 113 cm³/mol. The first-order chi connectivity index (χ1) is 14.3. The van der Waals surface area contributed by atoms with E-state index in [1.54, 1.807) is 43.5 Å². The molecule has 2 rings (SSSR count). The highest BCUT2D eigenvalue weighted by Gasteiger charge is 2.24. The highest BCUT2D eigenvalue weighted by atomic mass is 32.2. The van der Waals surface area contributed by atoms with E-state index in [9.17, 15) is 13.2 Å². The van der Waals surface area contributed by atoms with Gasteiger partial charge in [-0.05, 0) is 36.4 Å². The van der Waals surface area contributed by atoms with Gasteiger partial charge in [0, 0.05) is 6.07 Å². The van der Waals surface area contributed by atoms with Crippen molar-refractivity contribution in [3.8, 4) is 23.0 Å². The van der Waals surface area contributed by atoms with E-state index in [1.165, 1.54) is 20.3 Å². The number of nitrogens with zero attached hydrogens (tertiary/aromatic N) is 1. The molecular weight excluding hydrogens is 412 g/mol. The number of hydrogen-bond donors (Lipinski definition) is 1. The molecule has 0 spiro atoms. The third-order valence-electron chi connectivity index (χ3n) is 4.09. The molecule has 0 aliphatic rings. The van der Waals surface area contributed by atoms with Crippen LogP contribution in [-0.2, 0) is 14.8 Å². The van der Waals surface area contributed by atoms with Crippen LogP contribution in [0.1, 0.15) is 0 Å².